The van der Waals surface area contributed by atoms with Crippen LogP contribution in [0.3, 0.4) is 0 Å². The number of hydrogen-bond donors (Lipinski definition) is 1. The highest BCUT2D eigenvalue weighted by Crippen LogP contribution is 2.31. The summed E-state index contributed by atoms with van der Waals surface area (Å²) in [5.41, 5.74) is -0.171. The maximum Gasteiger partial charge on any atom is 0.271 e. The molecule has 10 heteroatoms. The molecule has 0 heterocycles. The lowest BCUT2D eigenvalue weighted by Gasteiger charge is -2.11. The van der Waals surface area contributed by atoms with Crippen molar-refractivity contribution >= 4 is 48.9 Å². The van der Waals surface area contributed by atoms with Crippen molar-refractivity contribution in [2.75, 3.05) is 4.72 Å². The average Bonchev–Trinajstić information content (AvgIpc) is 2.65. The maximum absolute atomic E-state index is 12.6. The Morgan fingerprint density at radius 1 is 1.04 bits per heavy atom. The number of benzene rings is 3. The van der Waals surface area contributed by atoms with Gasteiger partial charge in [-0.25, -0.2) is 8.42 Å². The Hall–Kier alpha value is -2.62. The molecule has 0 saturated carbocycles. The van der Waals surface area contributed by atoms with Gasteiger partial charge in [0.2, 0.25) is 0 Å². The van der Waals surface area contributed by atoms with E-state index in [2.05, 4.69) is 20.7 Å². The second-order valence-corrected chi connectivity index (χ2v) is 8.47. The third-order valence-electron chi connectivity index (χ3n) is 3.60. The highest BCUT2D eigenvalue weighted by atomic mass is 79.9. The number of nitrogens with zero attached hydrogens (tertiary/aromatic N) is 1. The van der Waals surface area contributed by atoms with Gasteiger partial charge in [-0.15, -0.1) is 0 Å². The van der Waals surface area contributed by atoms with Gasteiger partial charge in [0, 0.05) is 16.6 Å². The normalized spacial score (nSPS) is 11.1. The number of sulfonamides is 1. The van der Waals surface area contributed by atoms with Gasteiger partial charge in [-0.05, 0) is 58.4 Å². The topological polar surface area (TPSA) is 98.5 Å². The lowest BCUT2D eigenvalue weighted by molar-refractivity contribution is -0.384. The summed E-state index contributed by atoms with van der Waals surface area (Å²) < 4.78 is 33.5. The van der Waals surface area contributed by atoms with Crippen LogP contribution < -0.4 is 9.46 Å². The highest BCUT2D eigenvalue weighted by molar-refractivity contribution is 9.10. The predicted octanol–water partition coefficient (Wildman–Crippen LogP) is 5.60. The molecule has 3 aromatic carbocycles. The Balaban J connectivity index is 1.82. The molecule has 0 bridgehead atoms. The second-order valence-electron chi connectivity index (χ2n) is 5.53. The molecule has 28 heavy (non-hydrogen) atoms. The van der Waals surface area contributed by atoms with Crippen LogP contribution in [0.4, 0.5) is 11.4 Å². The SMILES string of the molecule is O=[N+]([O-])c1ccc(Br)c(NS(=O)(=O)c2ccc(Oc3ccccc3Cl)cc2)c1. The molecule has 0 amide bonds. The summed E-state index contributed by atoms with van der Waals surface area (Å²) >= 11 is 9.21. The predicted molar refractivity (Wildman–Crippen MR) is 110 cm³/mol. The van der Waals surface area contributed by atoms with E-state index >= 15 is 0 Å². The zero-order chi connectivity index (χ0) is 20.3. The Morgan fingerprint density at radius 2 is 1.71 bits per heavy atom. The fourth-order valence-corrected chi connectivity index (χ4v) is 3.97. The first-order valence-electron chi connectivity index (χ1n) is 7.75. The smallest absolute Gasteiger partial charge is 0.271 e. The first-order valence-corrected chi connectivity index (χ1v) is 10.4. The van der Waals surface area contributed by atoms with Gasteiger partial charge in [0.25, 0.3) is 15.7 Å². The number of non-ortho nitro benzene ring substituents is 1. The average molecular weight is 484 g/mol. The van der Waals surface area contributed by atoms with Crippen molar-refractivity contribution in [3.8, 4) is 11.5 Å². The molecule has 0 atom stereocenters. The van der Waals surface area contributed by atoms with Crippen LogP contribution in [0.1, 0.15) is 0 Å². The number of rotatable bonds is 6. The Bertz CT molecular complexity index is 1140. The molecule has 0 aliphatic heterocycles. The summed E-state index contributed by atoms with van der Waals surface area (Å²) in [6.45, 7) is 0. The molecule has 0 saturated heterocycles. The lowest BCUT2D eigenvalue weighted by atomic mass is 10.3. The van der Waals surface area contributed by atoms with E-state index in [0.29, 0.717) is 21.0 Å². The largest absolute Gasteiger partial charge is 0.456 e. The van der Waals surface area contributed by atoms with E-state index in [-0.39, 0.29) is 16.3 Å². The standard InChI is InChI=1S/C18H12BrClN2O5S/c19-15-10-5-12(22(23)24)11-17(15)21-28(25,26)14-8-6-13(7-9-14)27-18-4-2-1-3-16(18)20/h1-11,21H. The zero-order valence-electron chi connectivity index (χ0n) is 14.0. The van der Waals surface area contributed by atoms with Gasteiger partial charge in [0.1, 0.15) is 11.5 Å². The fraction of sp³-hybridized carbons (Fsp3) is 0. The molecule has 0 fully saturated rings. The number of nitro benzene ring substituents is 1. The monoisotopic (exact) mass is 482 g/mol. The maximum atomic E-state index is 12.6. The molecule has 0 aliphatic rings. The van der Waals surface area contributed by atoms with Gasteiger partial charge in [-0.3, -0.25) is 14.8 Å². The zero-order valence-corrected chi connectivity index (χ0v) is 17.2. The lowest BCUT2D eigenvalue weighted by Crippen LogP contribution is -2.13. The summed E-state index contributed by atoms with van der Waals surface area (Å²) in [5.74, 6) is 0.849. The minimum atomic E-state index is -3.96. The molecule has 0 radical (unpaired) electrons. The Labute approximate surface area is 174 Å². The van der Waals surface area contributed by atoms with Crippen LogP contribution in [0.25, 0.3) is 0 Å². The van der Waals surface area contributed by atoms with E-state index in [1.165, 1.54) is 36.4 Å². The van der Waals surface area contributed by atoms with Crippen LogP contribution in [-0.2, 0) is 10.0 Å². The summed E-state index contributed by atoms with van der Waals surface area (Å²) in [4.78, 5) is 10.3. The molecule has 0 spiro atoms. The van der Waals surface area contributed by atoms with Crippen LogP contribution in [0.2, 0.25) is 5.02 Å². The van der Waals surface area contributed by atoms with E-state index < -0.39 is 14.9 Å². The minimum absolute atomic E-state index is 0.0302. The molecule has 0 aromatic heterocycles. The first kappa shape index (κ1) is 20.1. The van der Waals surface area contributed by atoms with Crippen molar-refractivity contribution in [1.29, 1.82) is 0 Å². The minimum Gasteiger partial charge on any atom is -0.456 e. The molecule has 144 valence electrons. The van der Waals surface area contributed by atoms with Crippen LogP contribution >= 0.6 is 27.5 Å². The number of anilines is 1. The van der Waals surface area contributed by atoms with Gasteiger partial charge in [-0.1, -0.05) is 23.7 Å². The molecule has 3 aromatic rings. The van der Waals surface area contributed by atoms with Crippen LogP contribution in [-0.4, -0.2) is 13.3 Å². The van der Waals surface area contributed by atoms with Crippen molar-refractivity contribution in [3.63, 3.8) is 0 Å². The molecule has 1 N–H and O–H groups in total. The molecule has 3 rings (SSSR count). The van der Waals surface area contributed by atoms with E-state index in [1.807, 2.05) is 0 Å². The third kappa shape index (κ3) is 4.61. The van der Waals surface area contributed by atoms with Crippen molar-refractivity contribution in [2.24, 2.45) is 0 Å². The molecule has 0 unspecified atom stereocenters. The van der Waals surface area contributed by atoms with Gasteiger partial charge in [0.15, 0.2) is 0 Å². The van der Waals surface area contributed by atoms with Gasteiger partial charge in [-0.2, -0.15) is 0 Å². The Kier molecular flexibility index (Phi) is 5.87. The number of halogens is 2. The number of hydrogen-bond acceptors (Lipinski definition) is 5. The quantitative estimate of drug-likeness (QED) is 0.363. The van der Waals surface area contributed by atoms with Gasteiger partial charge < -0.3 is 4.74 Å². The third-order valence-corrected chi connectivity index (χ3v) is 5.99. The van der Waals surface area contributed by atoms with Crippen LogP contribution in [0.5, 0.6) is 11.5 Å². The fourth-order valence-electron chi connectivity index (χ4n) is 2.25. The number of para-hydroxylation sites is 1. The summed E-state index contributed by atoms with van der Waals surface area (Å²) in [5, 5.41) is 11.3. The van der Waals surface area contributed by atoms with E-state index in [4.69, 9.17) is 16.3 Å². The molecule has 7 nitrogen and oxygen atoms in total. The van der Waals surface area contributed by atoms with Crippen LogP contribution in [0.15, 0.2) is 76.1 Å². The first-order chi connectivity index (χ1) is 13.3. The van der Waals surface area contributed by atoms with Gasteiger partial charge >= 0.3 is 0 Å². The van der Waals surface area contributed by atoms with E-state index in [9.17, 15) is 18.5 Å². The van der Waals surface area contributed by atoms with Crippen molar-refractivity contribution < 1.29 is 18.1 Å². The summed E-state index contributed by atoms with van der Waals surface area (Å²) in [7, 11) is -3.96. The number of nitrogens with one attached hydrogen (secondary N) is 1. The summed E-state index contributed by atoms with van der Waals surface area (Å²) in [6, 6.07) is 16.4. The van der Waals surface area contributed by atoms with Crippen molar-refractivity contribution in [3.05, 3.63) is 86.3 Å². The highest BCUT2D eigenvalue weighted by Gasteiger charge is 2.18. The summed E-state index contributed by atoms with van der Waals surface area (Å²) in [6.07, 6.45) is 0. The van der Waals surface area contributed by atoms with Crippen molar-refractivity contribution in [1.82, 2.24) is 0 Å². The molecular weight excluding hydrogens is 472 g/mol. The van der Waals surface area contributed by atoms with E-state index in [0.717, 1.165) is 6.07 Å². The second kappa shape index (κ2) is 8.17. The number of nitro groups is 1. The molecule has 0 aliphatic carbocycles. The van der Waals surface area contributed by atoms with Gasteiger partial charge in [0.05, 0.1) is 20.5 Å². The number of ether oxygens (including phenoxy) is 1. The van der Waals surface area contributed by atoms with Crippen molar-refractivity contribution in [2.45, 2.75) is 4.90 Å². The molecular formula is C18H12BrClN2O5S. The van der Waals surface area contributed by atoms with E-state index in [1.54, 1.807) is 24.3 Å². The van der Waals surface area contributed by atoms with Crippen LogP contribution in [0, 0.1) is 10.1 Å². The Morgan fingerprint density at radius 3 is 2.36 bits per heavy atom.